The second kappa shape index (κ2) is 8.02. The van der Waals surface area contributed by atoms with E-state index >= 15 is 0 Å². The fourth-order valence-corrected chi connectivity index (χ4v) is 3.47. The Morgan fingerprint density at radius 2 is 1.64 bits per heavy atom. The summed E-state index contributed by atoms with van der Waals surface area (Å²) in [6.45, 7) is 2.32. The van der Waals surface area contributed by atoms with Gasteiger partial charge in [0.25, 0.3) is 5.91 Å². The van der Waals surface area contributed by atoms with Gasteiger partial charge in [0, 0.05) is 32.1 Å². The van der Waals surface area contributed by atoms with Crippen molar-refractivity contribution < 1.29 is 14.3 Å². The molecule has 2 aliphatic rings. The molecule has 132 valence electrons. The maximum absolute atomic E-state index is 12.4. The van der Waals surface area contributed by atoms with Gasteiger partial charge in [-0.3, -0.25) is 9.59 Å². The first-order valence-corrected chi connectivity index (χ1v) is 8.87. The summed E-state index contributed by atoms with van der Waals surface area (Å²) in [5, 5.41) is 8.77. The predicted molar refractivity (Wildman–Crippen MR) is 91.8 cm³/mol. The monoisotopic (exact) mass is 341 g/mol. The van der Waals surface area contributed by atoms with Gasteiger partial charge in [0.1, 0.15) is 5.75 Å². The van der Waals surface area contributed by atoms with Crippen LogP contribution in [-0.2, 0) is 9.59 Å². The Kier molecular flexibility index (Phi) is 5.54. The molecule has 1 saturated carbocycles. The molecule has 1 saturated heterocycles. The van der Waals surface area contributed by atoms with Gasteiger partial charge in [-0.05, 0) is 37.1 Å². The number of piperazine rings is 1. The molecule has 25 heavy (non-hydrogen) atoms. The molecule has 3 rings (SSSR count). The summed E-state index contributed by atoms with van der Waals surface area (Å²) in [7, 11) is 0. The van der Waals surface area contributed by atoms with E-state index in [0.717, 1.165) is 25.7 Å². The molecule has 1 aliphatic heterocycles. The second-order valence-electron chi connectivity index (χ2n) is 6.61. The van der Waals surface area contributed by atoms with Crippen LogP contribution in [0, 0.1) is 17.2 Å². The van der Waals surface area contributed by atoms with E-state index in [9.17, 15) is 9.59 Å². The number of hydrogen-bond donors (Lipinski definition) is 0. The highest BCUT2D eigenvalue weighted by Gasteiger charge is 2.30. The average molecular weight is 341 g/mol. The molecular weight excluding hydrogens is 318 g/mol. The lowest BCUT2D eigenvalue weighted by Crippen LogP contribution is -2.52. The Labute approximate surface area is 148 Å². The zero-order valence-electron chi connectivity index (χ0n) is 14.3. The van der Waals surface area contributed by atoms with Gasteiger partial charge in [-0.25, -0.2) is 0 Å². The van der Waals surface area contributed by atoms with Crippen molar-refractivity contribution in [2.45, 2.75) is 25.7 Å². The number of hydrogen-bond acceptors (Lipinski definition) is 4. The van der Waals surface area contributed by atoms with Crippen LogP contribution in [0.1, 0.15) is 31.2 Å². The van der Waals surface area contributed by atoms with Crippen LogP contribution in [0.3, 0.4) is 0 Å². The Morgan fingerprint density at radius 1 is 1.04 bits per heavy atom. The van der Waals surface area contributed by atoms with Gasteiger partial charge >= 0.3 is 0 Å². The summed E-state index contributed by atoms with van der Waals surface area (Å²) >= 11 is 0. The molecule has 1 aromatic carbocycles. The van der Waals surface area contributed by atoms with Crippen molar-refractivity contribution in [1.29, 1.82) is 5.26 Å². The van der Waals surface area contributed by atoms with Crippen LogP contribution in [0.2, 0.25) is 0 Å². The molecule has 6 nitrogen and oxygen atoms in total. The quantitative estimate of drug-likeness (QED) is 0.837. The van der Waals surface area contributed by atoms with Crippen LogP contribution >= 0.6 is 0 Å². The zero-order chi connectivity index (χ0) is 17.6. The van der Waals surface area contributed by atoms with Gasteiger partial charge in [-0.15, -0.1) is 0 Å². The van der Waals surface area contributed by atoms with Crippen LogP contribution in [0.25, 0.3) is 0 Å². The van der Waals surface area contributed by atoms with Gasteiger partial charge in [0.05, 0.1) is 11.6 Å². The van der Waals surface area contributed by atoms with E-state index in [1.54, 1.807) is 29.2 Å². The summed E-state index contributed by atoms with van der Waals surface area (Å²) < 4.78 is 5.49. The number of nitrogens with zero attached hydrogens (tertiary/aromatic N) is 3. The summed E-state index contributed by atoms with van der Waals surface area (Å²) in [5.74, 6) is 0.958. The van der Waals surface area contributed by atoms with E-state index in [2.05, 4.69) is 0 Å². The Hall–Kier alpha value is -2.55. The number of carbonyl (C=O) groups excluding carboxylic acids is 2. The van der Waals surface area contributed by atoms with E-state index in [-0.39, 0.29) is 24.3 Å². The Morgan fingerprint density at radius 3 is 2.24 bits per heavy atom. The first kappa shape index (κ1) is 17.3. The van der Waals surface area contributed by atoms with E-state index in [1.807, 2.05) is 11.0 Å². The molecule has 2 fully saturated rings. The van der Waals surface area contributed by atoms with E-state index in [4.69, 9.17) is 10.00 Å². The highest BCUT2D eigenvalue weighted by Crippen LogP contribution is 2.26. The lowest BCUT2D eigenvalue weighted by molar-refractivity contribution is -0.142. The van der Waals surface area contributed by atoms with Crippen LogP contribution in [0.4, 0.5) is 0 Å². The number of rotatable bonds is 4. The average Bonchev–Trinajstić information content (AvgIpc) is 3.21. The maximum atomic E-state index is 12.4. The number of carbonyl (C=O) groups is 2. The minimum Gasteiger partial charge on any atom is -0.484 e. The van der Waals surface area contributed by atoms with Crippen LogP contribution in [0.15, 0.2) is 24.3 Å². The zero-order valence-corrected chi connectivity index (χ0v) is 14.3. The molecule has 0 spiro atoms. The van der Waals surface area contributed by atoms with Gasteiger partial charge in [0.15, 0.2) is 6.61 Å². The SMILES string of the molecule is N#Cc1ccc(OCC(=O)N2CCN(C(=O)C3CCCC3)CC2)cc1. The van der Waals surface area contributed by atoms with Crippen LogP contribution in [-0.4, -0.2) is 54.4 Å². The normalized spacial score (nSPS) is 18.0. The third kappa shape index (κ3) is 4.30. The van der Waals surface area contributed by atoms with Crippen molar-refractivity contribution >= 4 is 11.8 Å². The molecule has 1 heterocycles. The summed E-state index contributed by atoms with van der Waals surface area (Å²) in [6, 6.07) is 8.73. The molecule has 0 radical (unpaired) electrons. The molecule has 1 aliphatic carbocycles. The minimum absolute atomic E-state index is 0.0253. The topological polar surface area (TPSA) is 73.6 Å². The summed E-state index contributed by atoms with van der Waals surface area (Å²) in [5.41, 5.74) is 0.557. The summed E-state index contributed by atoms with van der Waals surface area (Å²) in [6.07, 6.45) is 4.33. The molecule has 0 bridgehead atoms. The largest absolute Gasteiger partial charge is 0.484 e. The standard InChI is InChI=1S/C19H23N3O3/c20-13-15-5-7-17(8-6-15)25-14-18(23)21-9-11-22(12-10-21)19(24)16-3-1-2-4-16/h5-8,16H,1-4,9-12,14H2. The first-order valence-electron chi connectivity index (χ1n) is 8.87. The third-order valence-corrected chi connectivity index (χ3v) is 4.99. The highest BCUT2D eigenvalue weighted by atomic mass is 16.5. The van der Waals surface area contributed by atoms with Gasteiger partial charge in [-0.2, -0.15) is 5.26 Å². The first-order chi connectivity index (χ1) is 12.2. The molecule has 0 atom stereocenters. The van der Waals surface area contributed by atoms with Crippen molar-refractivity contribution in [1.82, 2.24) is 9.80 Å². The smallest absolute Gasteiger partial charge is 0.260 e. The van der Waals surface area contributed by atoms with Crippen molar-refractivity contribution in [3.05, 3.63) is 29.8 Å². The maximum Gasteiger partial charge on any atom is 0.260 e. The molecule has 0 unspecified atom stereocenters. The summed E-state index contributed by atoms with van der Waals surface area (Å²) in [4.78, 5) is 28.3. The number of ether oxygens (including phenoxy) is 1. The van der Waals surface area contributed by atoms with Gasteiger partial charge in [-0.1, -0.05) is 12.8 Å². The van der Waals surface area contributed by atoms with Gasteiger partial charge in [0.2, 0.25) is 5.91 Å². The fourth-order valence-electron chi connectivity index (χ4n) is 3.47. The van der Waals surface area contributed by atoms with E-state index in [0.29, 0.717) is 37.5 Å². The Balaban J connectivity index is 1.43. The molecule has 0 N–H and O–H groups in total. The van der Waals surface area contributed by atoms with Crippen molar-refractivity contribution in [2.24, 2.45) is 5.92 Å². The number of benzene rings is 1. The fraction of sp³-hybridized carbons (Fsp3) is 0.526. The van der Waals surface area contributed by atoms with Crippen molar-refractivity contribution in [2.75, 3.05) is 32.8 Å². The second-order valence-corrected chi connectivity index (χ2v) is 6.61. The molecule has 0 aromatic heterocycles. The lowest BCUT2D eigenvalue weighted by Gasteiger charge is -2.36. The Bertz CT molecular complexity index is 651. The molecular formula is C19H23N3O3. The van der Waals surface area contributed by atoms with Crippen LogP contribution < -0.4 is 4.74 Å². The molecule has 6 heteroatoms. The molecule has 1 aromatic rings. The predicted octanol–water partition coefficient (Wildman–Crippen LogP) is 1.80. The minimum atomic E-state index is -0.0719. The van der Waals surface area contributed by atoms with E-state index in [1.165, 1.54) is 0 Å². The molecule has 2 amide bonds. The highest BCUT2D eigenvalue weighted by molar-refractivity contribution is 5.80. The van der Waals surface area contributed by atoms with Crippen LogP contribution in [0.5, 0.6) is 5.75 Å². The number of nitriles is 1. The van der Waals surface area contributed by atoms with E-state index < -0.39 is 0 Å². The number of amides is 2. The van der Waals surface area contributed by atoms with Crippen molar-refractivity contribution in [3.8, 4) is 11.8 Å². The van der Waals surface area contributed by atoms with Gasteiger partial charge < -0.3 is 14.5 Å². The lowest BCUT2D eigenvalue weighted by atomic mass is 10.1. The van der Waals surface area contributed by atoms with Crippen molar-refractivity contribution in [3.63, 3.8) is 0 Å². The third-order valence-electron chi connectivity index (χ3n) is 4.99.